The summed E-state index contributed by atoms with van der Waals surface area (Å²) < 4.78 is 0. The van der Waals surface area contributed by atoms with Crippen LogP contribution in [0.5, 0.6) is 0 Å². The van der Waals surface area contributed by atoms with Crippen LogP contribution in [0.15, 0.2) is 42.5 Å². The first-order valence-corrected chi connectivity index (χ1v) is 11.4. The molecule has 2 unspecified atom stereocenters. The van der Waals surface area contributed by atoms with Crippen molar-refractivity contribution in [2.45, 2.75) is 57.5 Å². The van der Waals surface area contributed by atoms with Crippen molar-refractivity contribution in [3.63, 3.8) is 0 Å². The maximum absolute atomic E-state index is 13.1. The van der Waals surface area contributed by atoms with E-state index in [1.807, 2.05) is 42.5 Å². The first-order chi connectivity index (χ1) is 15.8. The molecule has 1 aliphatic rings. The van der Waals surface area contributed by atoms with E-state index >= 15 is 0 Å². The maximum atomic E-state index is 13.1. The molecular formula is C25H31N3O5. The lowest BCUT2D eigenvalue weighted by atomic mass is 9.78. The molecule has 1 fully saturated rings. The predicted octanol–water partition coefficient (Wildman–Crippen LogP) is 2.14. The number of carbonyl (C=O) groups excluding carboxylic acids is 3. The molecule has 2 aromatic carbocycles. The largest absolute Gasteiger partial charge is 0.481 e. The van der Waals surface area contributed by atoms with Gasteiger partial charge in [-0.1, -0.05) is 62.2 Å². The minimum atomic E-state index is -0.995. The number of fused-ring (bicyclic) bond motifs is 1. The van der Waals surface area contributed by atoms with Crippen molar-refractivity contribution in [2.24, 2.45) is 17.6 Å². The molecule has 3 amide bonds. The van der Waals surface area contributed by atoms with Gasteiger partial charge >= 0.3 is 5.97 Å². The predicted molar refractivity (Wildman–Crippen MR) is 124 cm³/mol. The highest BCUT2D eigenvalue weighted by molar-refractivity contribution is 5.93. The van der Waals surface area contributed by atoms with Crippen LogP contribution in [-0.2, 0) is 25.6 Å². The number of carbonyl (C=O) groups is 4. The summed E-state index contributed by atoms with van der Waals surface area (Å²) in [6.07, 6.45) is 2.95. The zero-order valence-electron chi connectivity index (χ0n) is 18.8. The molecule has 3 rings (SSSR count). The van der Waals surface area contributed by atoms with Crippen molar-refractivity contribution in [3.8, 4) is 0 Å². The number of amides is 3. The normalized spacial score (nSPS) is 19.9. The smallest absolute Gasteiger partial charge is 0.307 e. The van der Waals surface area contributed by atoms with Crippen molar-refractivity contribution in [1.82, 2.24) is 10.6 Å². The average Bonchev–Trinajstić information content (AvgIpc) is 2.81. The van der Waals surface area contributed by atoms with Gasteiger partial charge in [-0.05, 0) is 35.6 Å². The summed E-state index contributed by atoms with van der Waals surface area (Å²) >= 11 is 0. The molecular weight excluding hydrogens is 422 g/mol. The molecule has 2 aromatic rings. The van der Waals surface area contributed by atoms with Gasteiger partial charge in [0, 0.05) is 6.42 Å². The minimum Gasteiger partial charge on any atom is -0.481 e. The monoisotopic (exact) mass is 453 g/mol. The van der Waals surface area contributed by atoms with Crippen molar-refractivity contribution in [3.05, 3.63) is 48.0 Å². The Morgan fingerprint density at radius 1 is 0.970 bits per heavy atom. The van der Waals surface area contributed by atoms with E-state index in [0.717, 1.165) is 29.2 Å². The molecule has 0 aliphatic heterocycles. The molecule has 1 aliphatic carbocycles. The van der Waals surface area contributed by atoms with E-state index in [-0.39, 0.29) is 6.42 Å². The summed E-state index contributed by atoms with van der Waals surface area (Å²) in [6.45, 7) is 1.73. The molecule has 8 heteroatoms. The number of carboxylic acid groups (broad SMARTS) is 1. The number of hydrogen-bond donors (Lipinski definition) is 4. The molecule has 0 bridgehead atoms. The minimum absolute atomic E-state index is 0.196. The van der Waals surface area contributed by atoms with Crippen molar-refractivity contribution in [2.75, 3.05) is 0 Å². The second kappa shape index (κ2) is 10.9. The maximum Gasteiger partial charge on any atom is 0.307 e. The Kier molecular flexibility index (Phi) is 8.03. The third-order valence-electron chi connectivity index (χ3n) is 6.37. The first kappa shape index (κ1) is 24.2. The zero-order valence-corrected chi connectivity index (χ0v) is 18.8. The summed E-state index contributed by atoms with van der Waals surface area (Å²) in [5.74, 6) is -4.08. The van der Waals surface area contributed by atoms with E-state index in [9.17, 15) is 24.3 Å². The Labute approximate surface area is 192 Å². The SMILES string of the molecule is CCC(NC(=O)C(Cc1ccc2ccccc2c1)NC(=O)[C@@H]1CCCC[C@H]1C(=O)O)C(N)=O. The van der Waals surface area contributed by atoms with Crippen LogP contribution >= 0.6 is 0 Å². The number of hydrogen-bond acceptors (Lipinski definition) is 4. The van der Waals surface area contributed by atoms with E-state index in [1.165, 1.54) is 0 Å². The Bertz CT molecular complexity index is 1040. The summed E-state index contributed by atoms with van der Waals surface area (Å²) in [4.78, 5) is 49.4. The zero-order chi connectivity index (χ0) is 24.0. The van der Waals surface area contributed by atoms with Gasteiger partial charge in [0.05, 0.1) is 11.8 Å². The van der Waals surface area contributed by atoms with Gasteiger partial charge in [0.1, 0.15) is 12.1 Å². The van der Waals surface area contributed by atoms with E-state index in [1.54, 1.807) is 6.92 Å². The molecule has 176 valence electrons. The second-order valence-electron chi connectivity index (χ2n) is 8.65. The number of nitrogens with two attached hydrogens (primary N) is 1. The molecule has 5 N–H and O–H groups in total. The van der Waals surface area contributed by atoms with Gasteiger partial charge in [-0.25, -0.2) is 0 Å². The van der Waals surface area contributed by atoms with E-state index in [4.69, 9.17) is 5.73 Å². The average molecular weight is 454 g/mol. The molecule has 0 spiro atoms. The number of benzene rings is 2. The molecule has 33 heavy (non-hydrogen) atoms. The molecule has 0 saturated heterocycles. The fourth-order valence-electron chi connectivity index (χ4n) is 4.48. The van der Waals surface area contributed by atoms with Crippen molar-refractivity contribution >= 4 is 34.5 Å². The third-order valence-corrected chi connectivity index (χ3v) is 6.37. The number of carboxylic acids is 1. The summed E-state index contributed by atoms with van der Waals surface area (Å²) in [5, 5.41) is 17.0. The highest BCUT2D eigenvalue weighted by Gasteiger charge is 2.37. The van der Waals surface area contributed by atoms with Crippen LogP contribution in [0.4, 0.5) is 0 Å². The number of primary amides is 1. The van der Waals surface area contributed by atoms with Gasteiger partial charge in [-0.2, -0.15) is 0 Å². The third kappa shape index (κ3) is 6.09. The molecule has 1 saturated carbocycles. The molecule has 4 atom stereocenters. The molecule has 0 heterocycles. The Hall–Kier alpha value is -3.42. The Morgan fingerprint density at radius 3 is 2.27 bits per heavy atom. The lowest BCUT2D eigenvalue weighted by molar-refractivity contribution is -0.149. The highest BCUT2D eigenvalue weighted by atomic mass is 16.4. The lowest BCUT2D eigenvalue weighted by Gasteiger charge is -2.29. The van der Waals surface area contributed by atoms with Crippen LogP contribution < -0.4 is 16.4 Å². The molecule has 0 aromatic heterocycles. The number of nitrogens with one attached hydrogen (secondary N) is 2. The van der Waals surface area contributed by atoms with Gasteiger partial charge < -0.3 is 21.5 Å². The van der Waals surface area contributed by atoms with E-state index in [0.29, 0.717) is 19.3 Å². The highest BCUT2D eigenvalue weighted by Crippen LogP contribution is 2.30. The van der Waals surface area contributed by atoms with Gasteiger partial charge in [0.2, 0.25) is 17.7 Å². The van der Waals surface area contributed by atoms with Gasteiger partial charge in [0.15, 0.2) is 0 Å². The quantitative estimate of drug-likeness (QED) is 0.461. The summed E-state index contributed by atoms with van der Waals surface area (Å²) in [7, 11) is 0. The van der Waals surface area contributed by atoms with E-state index in [2.05, 4.69) is 10.6 Å². The molecule has 0 radical (unpaired) electrons. The number of rotatable bonds is 9. The van der Waals surface area contributed by atoms with E-state index < -0.39 is 47.6 Å². The second-order valence-corrected chi connectivity index (χ2v) is 8.65. The topological polar surface area (TPSA) is 139 Å². The van der Waals surface area contributed by atoms with Crippen LogP contribution in [0.3, 0.4) is 0 Å². The van der Waals surface area contributed by atoms with Crippen LogP contribution in [0.1, 0.15) is 44.6 Å². The lowest BCUT2D eigenvalue weighted by Crippen LogP contribution is -2.55. The van der Waals surface area contributed by atoms with Crippen LogP contribution in [-0.4, -0.2) is 40.9 Å². The van der Waals surface area contributed by atoms with Gasteiger partial charge in [-0.3, -0.25) is 19.2 Å². The Morgan fingerprint density at radius 2 is 1.64 bits per heavy atom. The summed E-state index contributed by atoms with van der Waals surface area (Å²) in [5.41, 5.74) is 6.21. The standard InChI is InChI=1S/C25H31N3O5/c1-2-20(22(26)29)27-24(31)21(14-15-11-12-16-7-3-4-8-17(16)13-15)28-23(30)18-9-5-6-10-19(18)25(32)33/h3-4,7-8,11-13,18-21H,2,5-6,9-10,14H2,1H3,(H2,26,29)(H,27,31)(H,28,30)(H,32,33)/t18-,19-,20?,21?/m1/s1. The fraction of sp³-hybridized carbons (Fsp3) is 0.440. The van der Waals surface area contributed by atoms with Crippen molar-refractivity contribution in [1.29, 1.82) is 0 Å². The van der Waals surface area contributed by atoms with Crippen LogP contribution in [0, 0.1) is 11.8 Å². The van der Waals surface area contributed by atoms with Crippen molar-refractivity contribution < 1.29 is 24.3 Å². The number of aliphatic carboxylic acids is 1. The molecule has 8 nitrogen and oxygen atoms in total. The van der Waals surface area contributed by atoms with Gasteiger partial charge in [0.25, 0.3) is 0 Å². The Balaban J connectivity index is 1.83. The van der Waals surface area contributed by atoms with Crippen LogP contribution in [0.2, 0.25) is 0 Å². The van der Waals surface area contributed by atoms with Gasteiger partial charge in [-0.15, -0.1) is 0 Å². The van der Waals surface area contributed by atoms with Crippen LogP contribution in [0.25, 0.3) is 10.8 Å². The first-order valence-electron chi connectivity index (χ1n) is 11.4. The fourth-order valence-corrected chi connectivity index (χ4v) is 4.48. The summed E-state index contributed by atoms with van der Waals surface area (Å²) in [6, 6.07) is 11.8.